The lowest BCUT2D eigenvalue weighted by molar-refractivity contribution is -0.401. The molecule has 3 nitrogen and oxygen atoms in total. The van der Waals surface area contributed by atoms with E-state index < -0.39 is 0 Å². The van der Waals surface area contributed by atoms with Gasteiger partial charge in [0.25, 0.3) is 0 Å². The number of methoxy groups -OCH3 is 1. The van der Waals surface area contributed by atoms with Crippen LogP contribution >= 0.6 is 0 Å². The molecule has 0 saturated carbocycles. The Morgan fingerprint density at radius 1 is 0.816 bits per heavy atom. The molecule has 4 aromatic carbocycles. The lowest BCUT2D eigenvalue weighted by Crippen LogP contribution is -2.27. The van der Waals surface area contributed by atoms with Crippen LogP contribution in [0, 0.1) is 6.92 Å². The number of aryl methyl sites for hydroxylation is 1. The summed E-state index contributed by atoms with van der Waals surface area (Å²) in [7, 11) is 6.11. The highest BCUT2D eigenvalue weighted by Crippen LogP contribution is 2.50. The normalized spacial score (nSPS) is 18.7. The summed E-state index contributed by atoms with van der Waals surface area (Å²) in [5.41, 5.74) is 9.05. The molecule has 0 radical (unpaired) electrons. The lowest BCUT2D eigenvalue weighted by atomic mass is 9.78. The molecule has 6 rings (SSSR count). The summed E-state index contributed by atoms with van der Waals surface area (Å²) >= 11 is 0. The molecule has 0 spiro atoms. The second kappa shape index (κ2) is 8.33. The van der Waals surface area contributed by atoms with Crippen LogP contribution in [0.1, 0.15) is 44.4 Å². The van der Waals surface area contributed by atoms with Crippen LogP contribution in [0.15, 0.2) is 84.6 Å². The molecule has 0 aromatic heterocycles. The van der Waals surface area contributed by atoms with Crippen molar-refractivity contribution >= 4 is 38.6 Å². The predicted molar refractivity (Wildman–Crippen MR) is 162 cm³/mol. The van der Waals surface area contributed by atoms with Gasteiger partial charge in [-0.15, -0.1) is 0 Å². The SMILES string of the molecule is COc1ccc2c3c(ccc2c1)N(C)C(=CC=CC1=[N+](C)c2ccc4cc(C)ccc4c2C1(C)C)C3(C)C. The summed E-state index contributed by atoms with van der Waals surface area (Å²) in [5, 5.41) is 5.17. The number of ether oxygens (including phenoxy) is 1. The van der Waals surface area contributed by atoms with E-state index >= 15 is 0 Å². The maximum atomic E-state index is 5.48. The minimum Gasteiger partial charge on any atom is -0.497 e. The van der Waals surface area contributed by atoms with Gasteiger partial charge < -0.3 is 9.64 Å². The maximum Gasteiger partial charge on any atom is 0.210 e. The van der Waals surface area contributed by atoms with Crippen molar-refractivity contribution < 1.29 is 9.31 Å². The summed E-state index contributed by atoms with van der Waals surface area (Å²) in [6.45, 7) is 11.5. The minimum atomic E-state index is -0.124. The number of benzene rings is 4. The zero-order chi connectivity index (χ0) is 27.0. The smallest absolute Gasteiger partial charge is 0.210 e. The summed E-state index contributed by atoms with van der Waals surface area (Å²) in [6.07, 6.45) is 6.86. The minimum absolute atomic E-state index is 0.0941. The molecule has 0 aliphatic carbocycles. The molecule has 0 unspecified atom stereocenters. The fourth-order valence-electron chi connectivity index (χ4n) is 6.96. The van der Waals surface area contributed by atoms with Gasteiger partial charge >= 0.3 is 0 Å². The number of likely N-dealkylation sites (N-methyl/N-ethyl adjacent to an activating group) is 1. The first-order valence-electron chi connectivity index (χ1n) is 13.4. The van der Waals surface area contributed by atoms with Crippen LogP contribution in [-0.4, -0.2) is 31.5 Å². The highest BCUT2D eigenvalue weighted by Gasteiger charge is 2.44. The van der Waals surface area contributed by atoms with Crippen LogP contribution in [0.4, 0.5) is 11.4 Å². The van der Waals surface area contributed by atoms with Gasteiger partial charge in [-0.2, -0.15) is 4.58 Å². The molecule has 0 bridgehead atoms. The Bertz CT molecular complexity index is 1730. The van der Waals surface area contributed by atoms with Crippen molar-refractivity contribution in [3.05, 3.63) is 101 Å². The third kappa shape index (κ3) is 3.37. The largest absolute Gasteiger partial charge is 0.497 e. The Labute approximate surface area is 226 Å². The van der Waals surface area contributed by atoms with Gasteiger partial charge in [0, 0.05) is 41.6 Å². The van der Waals surface area contributed by atoms with Crippen LogP contribution < -0.4 is 9.64 Å². The van der Waals surface area contributed by atoms with Crippen molar-refractivity contribution in [2.24, 2.45) is 0 Å². The zero-order valence-electron chi connectivity index (χ0n) is 23.8. The number of allylic oxidation sites excluding steroid dienone is 4. The van der Waals surface area contributed by atoms with E-state index in [0.717, 1.165) is 5.75 Å². The number of rotatable bonds is 3. The van der Waals surface area contributed by atoms with Crippen LogP contribution in [0.3, 0.4) is 0 Å². The average Bonchev–Trinajstić information content (AvgIpc) is 3.21. The average molecular weight is 502 g/mol. The third-order valence-electron chi connectivity index (χ3n) is 8.84. The monoisotopic (exact) mass is 501 g/mol. The van der Waals surface area contributed by atoms with Gasteiger partial charge in [0.2, 0.25) is 5.69 Å². The first kappa shape index (κ1) is 24.5. The van der Waals surface area contributed by atoms with Crippen molar-refractivity contribution in [3.8, 4) is 5.75 Å². The summed E-state index contributed by atoms with van der Waals surface area (Å²) in [6, 6.07) is 22.2. The van der Waals surface area contributed by atoms with Crippen molar-refractivity contribution in [2.75, 3.05) is 26.1 Å². The summed E-state index contributed by atoms with van der Waals surface area (Å²) in [4.78, 5) is 2.35. The standard InChI is InChI=1S/C35H37N2O/c1-22-12-16-26-23(20-22)13-18-28-32(26)34(2,3)30(36(28)6)10-9-11-31-35(4,5)33-27-17-15-25(38-8)21-24(27)14-19-29(33)37(31)7/h9-21H,1-8H3/q+1. The molecule has 2 heterocycles. The van der Waals surface area contributed by atoms with E-state index in [1.165, 1.54) is 61.0 Å². The van der Waals surface area contributed by atoms with Crippen molar-refractivity contribution in [1.82, 2.24) is 0 Å². The Morgan fingerprint density at radius 2 is 1.50 bits per heavy atom. The Balaban J connectivity index is 1.40. The second-order valence-electron chi connectivity index (χ2n) is 11.9. The topological polar surface area (TPSA) is 15.5 Å². The first-order valence-corrected chi connectivity index (χ1v) is 13.4. The molecule has 2 aliphatic rings. The Hall–Kier alpha value is -3.85. The molecule has 0 N–H and O–H groups in total. The molecule has 192 valence electrons. The fraction of sp³-hybridized carbons (Fsp3) is 0.286. The van der Waals surface area contributed by atoms with Crippen LogP contribution in [0.25, 0.3) is 21.5 Å². The van der Waals surface area contributed by atoms with E-state index in [1.807, 2.05) is 0 Å². The number of fused-ring (bicyclic) bond motifs is 6. The van der Waals surface area contributed by atoms with E-state index in [1.54, 1.807) is 7.11 Å². The van der Waals surface area contributed by atoms with Crippen molar-refractivity contribution in [2.45, 2.75) is 45.4 Å². The number of hydrogen-bond acceptors (Lipinski definition) is 2. The number of nitrogens with zero attached hydrogens (tertiary/aromatic N) is 2. The highest BCUT2D eigenvalue weighted by atomic mass is 16.5. The molecule has 3 heteroatoms. The van der Waals surface area contributed by atoms with Crippen molar-refractivity contribution in [3.63, 3.8) is 0 Å². The predicted octanol–water partition coefficient (Wildman–Crippen LogP) is 8.18. The van der Waals surface area contributed by atoms with Gasteiger partial charge in [-0.3, -0.25) is 0 Å². The van der Waals surface area contributed by atoms with E-state index in [0.29, 0.717) is 0 Å². The summed E-state index contributed by atoms with van der Waals surface area (Å²) < 4.78 is 7.84. The lowest BCUT2D eigenvalue weighted by Gasteiger charge is -2.24. The molecule has 0 saturated heterocycles. The fourth-order valence-corrected chi connectivity index (χ4v) is 6.96. The van der Waals surface area contributed by atoms with Gasteiger partial charge in [-0.1, -0.05) is 55.8 Å². The van der Waals surface area contributed by atoms with Gasteiger partial charge in [0.1, 0.15) is 12.8 Å². The maximum absolute atomic E-state index is 5.48. The zero-order valence-corrected chi connectivity index (χ0v) is 23.8. The van der Waals surface area contributed by atoms with Crippen LogP contribution in [-0.2, 0) is 10.8 Å². The molecule has 0 atom stereocenters. The van der Waals surface area contributed by atoms with E-state index in [9.17, 15) is 0 Å². The highest BCUT2D eigenvalue weighted by molar-refractivity contribution is 6.07. The Morgan fingerprint density at radius 3 is 2.26 bits per heavy atom. The molecule has 4 aromatic rings. The molecule has 0 amide bonds. The van der Waals surface area contributed by atoms with Gasteiger partial charge in [-0.25, -0.2) is 0 Å². The number of anilines is 1. The van der Waals surface area contributed by atoms with E-state index in [4.69, 9.17) is 4.74 Å². The Kier molecular flexibility index (Phi) is 5.36. The molecular weight excluding hydrogens is 464 g/mol. The summed E-state index contributed by atoms with van der Waals surface area (Å²) in [5.74, 6) is 0.893. The molecule has 0 fully saturated rings. The van der Waals surface area contributed by atoms with Crippen LogP contribution in [0.2, 0.25) is 0 Å². The molecular formula is C35H37N2O+. The molecule has 38 heavy (non-hydrogen) atoms. The number of hydrogen-bond donors (Lipinski definition) is 0. The van der Waals surface area contributed by atoms with Gasteiger partial charge in [0.05, 0.1) is 12.5 Å². The van der Waals surface area contributed by atoms with Crippen LogP contribution in [0.5, 0.6) is 5.75 Å². The quantitative estimate of drug-likeness (QED) is 0.263. The van der Waals surface area contributed by atoms with E-state index in [-0.39, 0.29) is 10.8 Å². The van der Waals surface area contributed by atoms with Crippen molar-refractivity contribution in [1.29, 1.82) is 0 Å². The van der Waals surface area contributed by atoms with Gasteiger partial charge in [0.15, 0.2) is 5.71 Å². The van der Waals surface area contributed by atoms with E-state index in [2.05, 4.69) is 137 Å². The van der Waals surface area contributed by atoms with Gasteiger partial charge in [-0.05, 0) is 78.2 Å². The molecule has 2 aliphatic heterocycles. The first-order chi connectivity index (χ1) is 18.1. The second-order valence-corrected chi connectivity index (χ2v) is 11.9. The third-order valence-corrected chi connectivity index (χ3v) is 8.84.